The molecule has 0 spiro atoms. The summed E-state index contributed by atoms with van der Waals surface area (Å²) in [6.45, 7) is 3.57. The second-order valence-corrected chi connectivity index (χ2v) is 6.59. The number of rotatable bonds is 5. The summed E-state index contributed by atoms with van der Waals surface area (Å²) in [5, 5.41) is 10.8. The van der Waals surface area contributed by atoms with Gasteiger partial charge in [-0.1, -0.05) is 30.3 Å². The third-order valence-corrected chi connectivity index (χ3v) is 4.73. The van der Waals surface area contributed by atoms with Crippen molar-refractivity contribution in [2.24, 2.45) is 0 Å². The first kappa shape index (κ1) is 19.4. The van der Waals surface area contributed by atoms with Gasteiger partial charge < -0.3 is 24.4 Å². The van der Waals surface area contributed by atoms with Gasteiger partial charge in [0.1, 0.15) is 5.75 Å². The summed E-state index contributed by atoms with van der Waals surface area (Å²) in [6, 6.07) is 13.2. The van der Waals surface area contributed by atoms with Gasteiger partial charge in [0.15, 0.2) is 6.61 Å². The number of piperazine rings is 1. The second-order valence-electron chi connectivity index (χ2n) is 6.59. The van der Waals surface area contributed by atoms with Gasteiger partial charge in [-0.05, 0) is 36.2 Å². The Morgan fingerprint density at radius 3 is 2.07 bits per heavy atom. The summed E-state index contributed by atoms with van der Waals surface area (Å²) in [5.74, 6) is -0.898. The Kier molecular flexibility index (Phi) is 5.93. The van der Waals surface area contributed by atoms with E-state index in [0.29, 0.717) is 37.5 Å². The van der Waals surface area contributed by atoms with E-state index < -0.39 is 5.97 Å². The Morgan fingerprint density at radius 2 is 1.46 bits per heavy atom. The van der Waals surface area contributed by atoms with E-state index in [9.17, 15) is 19.5 Å². The quantitative estimate of drug-likeness (QED) is 0.761. The van der Waals surface area contributed by atoms with Crippen molar-refractivity contribution >= 4 is 17.8 Å². The van der Waals surface area contributed by atoms with Crippen LogP contribution in [0.4, 0.5) is 0 Å². The van der Waals surface area contributed by atoms with Crippen LogP contribution in [-0.4, -0.2) is 60.4 Å². The van der Waals surface area contributed by atoms with Crippen molar-refractivity contribution in [1.29, 1.82) is 0 Å². The van der Waals surface area contributed by atoms with Crippen molar-refractivity contribution < 1.29 is 24.2 Å². The van der Waals surface area contributed by atoms with Crippen molar-refractivity contribution in [2.75, 3.05) is 32.8 Å². The zero-order chi connectivity index (χ0) is 20.1. The van der Waals surface area contributed by atoms with Gasteiger partial charge in [0.05, 0.1) is 5.97 Å². The highest BCUT2D eigenvalue weighted by molar-refractivity contribution is 5.95. The number of amides is 2. The molecule has 1 saturated heterocycles. The number of nitrogens with zero attached hydrogens (tertiary/aromatic N) is 2. The van der Waals surface area contributed by atoms with Crippen LogP contribution < -0.4 is 9.84 Å². The molecule has 1 heterocycles. The van der Waals surface area contributed by atoms with E-state index in [0.717, 1.165) is 5.56 Å². The number of hydrogen-bond acceptors (Lipinski definition) is 5. The molecule has 1 aliphatic rings. The fourth-order valence-corrected chi connectivity index (χ4v) is 3.04. The van der Waals surface area contributed by atoms with Crippen LogP contribution in [0, 0.1) is 6.92 Å². The molecule has 0 bridgehead atoms. The van der Waals surface area contributed by atoms with E-state index in [2.05, 4.69) is 0 Å². The number of aryl methyl sites for hydroxylation is 1. The third-order valence-electron chi connectivity index (χ3n) is 4.73. The molecule has 0 aliphatic carbocycles. The predicted molar refractivity (Wildman–Crippen MR) is 99.9 cm³/mol. The first-order valence-corrected chi connectivity index (χ1v) is 9.02. The molecule has 0 aromatic heterocycles. The number of carboxylic acid groups (broad SMARTS) is 1. The molecule has 0 N–H and O–H groups in total. The maximum atomic E-state index is 12.5. The lowest BCUT2D eigenvalue weighted by molar-refractivity contribution is -0.255. The first-order valence-electron chi connectivity index (χ1n) is 9.02. The third kappa shape index (κ3) is 4.49. The molecule has 1 aliphatic heterocycles. The van der Waals surface area contributed by atoms with Gasteiger partial charge in [-0.25, -0.2) is 0 Å². The first-order chi connectivity index (χ1) is 13.5. The van der Waals surface area contributed by atoms with Crippen molar-refractivity contribution in [3.63, 3.8) is 0 Å². The number of carboxylic acids is 1. The molecule has 0 saturated carbocycles. The highest BCUT2D eigenvalue weighted by Crippen LogP contribution is 2.16. The zero-order valence-corrected chi connectivity index (χ0v) is 15.6. The average molecular weight is 381 g/mol. The standard InChI is InChI=1S/C21H22N2O5/c1-15-4-2-3-5-18(15)28-14-19(24)22-10-12-23(13-11-22)20(25)16-6-8-17(9-7-16)21(26)27/h2-9H,10-14H2,1H3,(H,26,27)/p-1. The highest BCUT2D eigenvalue weighted by Gasteiger charge is 2.25. The molecule has 0 atom stereocenters. The van der Waals surface area contributed by atoms with E-state index in [-0.39, 0.29) is 24.0 Å². The molecule has 3 rings (SSSR count). The van der Waals surface area contributed by atoms with E-state index in [4.69, 9.17) is 4.74 Å². The van der Waals surface area contributed by atoms with Crippen LogP contribution in [0.5, 0.6) is 5.75 Å². The molecule has 146 valence electrons. The van der Waals surface area contributed by atoms with Crippen molar-refractivity contribution in [3.05, 3.63) is 65.2 Å². The fraction of sp³-hybridized carbons (Fsp3) is 0.286. The van der Waals surface area contributed by atoms with E-state index >= 15 is 0 Å². The molecule has 7 nitrogen and oxygen atoms in total. The van der Waals surface area contributed by atoms with Gasteiger partial charge in [-0.3, -0.25) is 9.59 Å². The number of ether oxygens (including phenoxy) is 1. The Morgan fingerprint density at radius 1 is 0.893 bits per heavy atom. The highest BCUT2D eigenvalue weighted by atomic mass is 16.5. The molecule has 2 amide bonds. The maximum absolute atomic E-state index is 12.5. The van der Waals surface area contributed by atoms with Crippen LogP contribution in [0.3, 0.4) is 0 Å². The molecule has 2 aromatic carbocycles. The van der Waals surface area contributed by atoms with E-state index in [1.54, 1.807) is 9.80 Å². The van der Waals surface area contributed by atoms with E-state index in [1.807, 2.05) is 31.2 Å². The Hall–Kier alpha value is -3.35. The van der Waals surface area contributed by atoms with Gasteiger partial charge in [0.25, 0.3) is 11.8 Å². The van der Waals surface area contributed by atoms with Crippen LogP contribution in [0.25, 0.3) is 0 Å². The number of aromatic carboxylic acids is 1. The minimum Gasteiger partial charge on any atom is -0.545 e. The van der Waals surface area contributed by atoms with Crippen LogP contribution in [0.2, 0.25) is 0 Å². The SMILES string of the molecule is Cc1ccccc1OCC(=O)N1CCN(C(=O)c2ccc(C(=O)[O-])cc2)CC1. The monoisotopic (exact) mass is 381 g/mol. The van der Waals surface area contributed by atoms with Gasteiger partial charge >= 0.3 is 0 Å². The van der Waals surface area contributed by atoms with Crippen LogP contribution >= 0.6 is 0 Å². The molecule has 28 heavy (non-hydrogen) atoms. The summed E-state index contributed by atoms with van der Waals surface area (Å²) in [7, 11) is 0. The number of para-hydroxylation sites is 1. The molecule has 0 radical (unpaired) electrons. The molecule has 7 heteroatoms. The van der Waals surface area contributed by atoms with Gasteiger partial charge in [-0.15, -0.1) is 0 Å². The Labute approximate surface area is 163 Å². The predicted octanol–water partition coefficient (Wildman–Crippen LogP) is 0.722. The topological polar surface area (TPSA) is 90.0 Å². The average Bonchev–Trinajstić information content (AvgIpc) is 2.72. The van der Waals surface area contributed by atoms with Gasteiger partial charge in [0, 0.05) is 31.7 Å². The lowest BCUT2D eigenvalue weighted by Gasteiger charge is -2.34. The molecular formula is C21H21N2O5-. The van der Waals surface area contributed by atoms with Crippen LogP contribution in [-0.2, 0) is 4.79 Å². The molecular weight excluding hydrogens is 360 g/mol. The van der Waals surface area contributed by atoms with Crippen LogP contribution in [0.15, 0.2) is 48.5 Å². The van der Waals surface area contributed by atoms with Crippen LogP contribution in [0.1, 0.15) is 26.3 Å². The van der Waals surface area contributed by atoms with Crippen molar-refractivity contribution in [1.82, 2.24) is 9.80 Å². The minimum atomic E-state index is -1.28. The number of benzene rings is 2. The summed E-state index contributed by atoms with van der Waals surface area (Å²) < 4.78 is 5.60. The summed E-state index contributed by atoms with van der Waals surface area (Å²) in [4.78, 5) is 39.0. The number of hydrogen-bond donors (Lipinski definition) is 0. The van der Waals surface area contributed by atoms with Gasteiger partial charge in [-0.2, -0.15) is 0 Å². The smallest absolute Gasteiger partial charge is 0.260 e. The normalized spacial score (nSPS) is 13.9. The van der Waals surface area contributed by atoms with Crippen molar-refractivity contribution in [2.45, 2.75) is 6.92 Å². The Bertz CT molecular complexity index is 871. The lowest BCUT2D eigenvalue weighted by Crippen LogP contribution is -2.51. The second kappa shape index (κ2) is 8.56. The minimum absolute atomic E-state index is 0.0284. The molecule has 1 fully saturated rings. The number of carbonyl (C=O) groups is 3. The number of carbonyl (C=O) groups excluding carboxylic acids is 3. The summed E-state index contributed by atoms with van der Waals surface area (Å²) in [5.41, 5.74) is 1.41. The lowest BCUT2D eigenvalue weighted by atomic mass is 10.1. The summed E-state index contributed by atoms with van der Waals surface area (Å²) >= 11 is 0. The molecule has 2 aromatic rings. The van der Waals surface area contributed by atoms with E-state index in [1.165, 1.54) is 24.3 Å². The largest absolute Gasteiger partial charge is 0.545 e. The Balaban J connectivity index is 1.50. The summed E-state index contributed by atoms with van der Waals surface area (Å²) in [6.07, 6.45) is 0. The maximum Gasteiger partial charge on any atom is 0.260 e. The van der Waals surface area contributed by atoms with Crippen molar-refractivity contribution in [3.8, 4) is 5.75 Å². The molecule has 0 unspecified atom stereocenters. The zero-order valence-electron chi connectivity index (χ0n) is 15.6. The fourth-order valence-electron chi connectivity index (χ4n) is 3.04. The van der Waals surface area contributed by atoms with Gasteiger partial charge in [0.2, 0.25) is 0 Å².